The van der Waals surface area contributed by atoms with Crippen LogP contribution in [0.2, 0.25) is 0 Å². The van der Waals surface area contributed by atoms with Gasteiger partial charge < -0.3 is 18.9 Å². The largest absolute Gasteiger partial charge is 0.446 e. The van der Waals surface area contributed by atoms with Crippen LogP contribution < -0.4 is 5.32 Å². The summed E-state index contributed by atoms with van der Waals surface area (Å²) < 4.78 is 29.4. The molecule has 0 saturated heterocycles. The zero-order valence-corrected chi connectivity index (χ0v) is 16.1. The summed E-state index contributed by atoms with van der Waals surface area (Å²) in [5.74, 6) is 0.0412. The molecule has 30 heavy (non-hydrogen) atoms. The average molecular weight is 412 g/mol. The molecule has 0 fully saturated rings. The second-order valence-electron chi connectivity index (χ2n) is 6.30. The van der Waals surface area contributed by atoms with Gasteiger partial charge in [0.15, 0.2) is 23.2 Å². The van der Waals surface area contributed by atoms with Crippen LogP contribution in [0.1, 0.15) is 28.0 Å². The highest BCUT2D eigenvalue weighted by Gasteiger charge is 2.21. The van der Waals surface area contributed by atoms with E-state index in [2.05, 4.69) is 25.5 Å². The van der Waals surface area contributed by atoms with Gasteiger partial charge in [0, 0.05) is 19.6 Å². The highest BCUT2D eigenvalue weighted by atomic mass is 19.1. The van der Waals surface area contributed by atoms with Crippen LogP contribution >= 0.6 is 0 Å². The first-order valence-electron chi connectivity index (χ1n) is 8.89. The Balaban J connectivity index is 1.48. The van der Waals surface area contributed by atoms with Crippen molar-refractivity contribution in [1.29, 1.82) is 0 Å². The number of aromatic nitrogens is 5. The smallest absolute Gasteiger partial charge is 0.279 e. The van der Waals surface area contributed by atoms with E-state index in [1.807, 2.05) is 0 Å². The molecule has 1 amide bonds. The van der Waals surface area contributed by atoms with E-state index in [0.29, 0.717) is 23.8 Å². The molecular weight excluding hydrogens is 395 g/mol. The molecule has 0 spiro atoms. The predicted molar refractivity (Wildman–Crippen MR) is 101 cm³/mol. The summed E-state index contributed by atoms with van der Waals surface area (Å²) in [7, 11) is 1.56. The number of hydrogen-bond acceptors (Lipinski definition) is 8. The molecule has 154 valence electrons. The lowest BCUT2D eigenvalue weighted by molar-refractivity contribution is 0.102. The first kappa shape index (κ1) is 19.5. The van der Waals surface area contributed by atoms with Gasteiger partial charge in [0.25, 0.3) is 5.91 Å². The number of ether oxygens (including phenoxy) is 1. The van der Waals surface area contributed by atoms with Crippen LogP contribution in [0.3, 0.4) is 0 Å². The fourth-order valence-electron chi connectivity index (χ4n) is 2.77. The lowest BCUT2D eigenvalue weighted by atomic mass is 10.1. The monoisotopic (exact) mass is 412 g/mol. The Morgan fingerprint density at radius 3 is 3.00 bits per heavy atom. The number of halogens is 1. The van der Waals surface area contributed by atoms with Crippen LogP contribution in [0.4, 0.5) is 10.2 Å². The molecule has 11 heteroatoms. The molecular formula is C19H17FN6O4. The second-order valence-corrected chi connectivity index (χ2v) is 6.30. The number of hydrogen-bond donors (Lipinski definition) is 1. The van der Waals surface area contributed by atoms with Crippen LogP contribution in [-0.2, 0) is 17.9 Å². The highest BCUT2D eigenvalue weighted by molar-refractivity contribution is 6.05. The third kappa shape index (κ3) is 4.25. The summed E-state index contributed by atoms with van der Waals surface area (Å²) in [6.45, 7) is 2.11. The van der Waals surface area contributed by atoms with E-state index in [0.717, 1.165) is 0 Å². The van der Waals surface area contributed by atoms with Gasteiger partial charge in [-0.3, -0.25) is 4.79 Å². The van der Waals surface area contributed by atoms with E-state index < -0.39 is 11.7 Å². The number of rotatable bonds is 7. The molecule has 0 unspecified atom stereocenters. The minimum absolute atomic E-state index is 0.0181. The van der Waals surface area contributed by atoms with E-state index in [-0.39, 0.29) is 29.7 Å². The summed E-state index contributed by atoms with van der Waals surface area (Å²) >= 11 is 0. The van der Waals surface area contributed by atoms with Gasteiger partial charge in [0.1, 0.15) is 24.3 Å². The van der Waals surface area contributed by atoms with Gasteiger partial charge in [-0.2, -0.15) is 9.90 Å². The molecule has 0 radical (unpaired) electrons. The fraction of sp³-hybridized carbons (Fsp3) is 0.211. The van der Waals surface area contributed by atoms with Crippen molar-refractivity contribution in [1.82, 2.24) is 25.0 Å². The van der Waals surface area contributed by atoms with Crippen molar-refractivity contribution < 1.29 is 22.8 Å². The number of aryl methyl sites for hydroxylation is 1. The maximum Gasteiger partial charge on any atom is 0.279 e. The van der Waals surface area contributed by atoms with Crippen molar-refractivity contribution >= 4 is 11.7 Å². The minimum Gasteiger partial charge on any atom is -0.446 e. The Hall–Kier alpha value is -3.86. The standard InChI is InChI=1S/C19H17FN6O4/c1-11-22-17(18(30-11)12-4-3-5-13(20)6-12)19(27)24-15-7-21-26(25-15)8-16-23-14(9-28-2)10-29-16/h3-7,10H,8-9H2,1-2H3,(H,24,25,27). The van der Waals surface area contributed by atoms with E-state index in [1.165, 1.54) is 35.5 Å². The summed E-state index contributed by atoms with van der Waals surface area (Å²) in [4.78, 5) is 22.4. The molecule has 0 bridgehead atoms. The van der Waals surface area contributed by atoms with Crippen molar-refractivity contribution in [2.24, 2.45) is 0 Å². The Kier molecular flexibility index (Phi) is 5.35. The molecule has 0 aliphatic heterocycles. The normalized spacial score (nSPS) is 11.0. The molecule has 3 heterocycles. The second kappa shape index (κ2) is 8.25. The summed E-state index contributed by atoms with van der Waals surface area (Å²) in [5.41, 5.74) is 1.07. The number of anilines is 1. The Morgan fingerprint density at radius 2 is 2.20 bits per heavy atom. The zero-order valence-electron chi connectivity index (χ0n) is 16.1. The van der Waals surface area contributed by atoms with E-state index in [9.17, 15) is 9.18 Å². The van der Waals surface area contributed by atoms with Crippen LogP contribution in [-0.4, -0.2) is 38.0 Å². The van der Waals surface area contributed by atoms with Gasteiger partial charge in [-0.05, 0) is 12.1 Å². The van der Waals surface area contributed by atoms with Crippen LogP contribution in [0, 0.1) is 12.7 Å². The molecule has 0 atom stereocenters. The number of amides is 1. The number of nitrogens with zero attached hydrogens (tertiary/aromatic N) is 5. The number of benzene rings is 1. The first-order valence-corrected chi connectivity index (χ1v) is 8.89. The lowest BCUT2D eigenvalue weighted by Crippen LogP contribution is -2.14. The molecule has 0 aliphatic rings. The Labute approximate surface area is 169 Å². The SMILES string of the molecule is COCc1coc(Cn2ncc(NC(=O)c3nc(C)oc3-c3cccc(F)c3)n2)n1. The summed E-state index contributed by atoms with van der Waals surface area (Å²) in [5, 5.41) is 10.9. The molecule has 1 aromatic carbocycles. The van der Waals surface area contributed by atoms with Gasteiger partial charge in [0.05, 0.1) is 12.8 Å². The third-order valence-electron chi connectivity index (χ3n) is 3.98. The van der Waals surface area contributed by atoms with Crippen molar-refractivity contribution in [3.05, 3.63) is 65.7 Å². The van der Waals surface area contributed by atoms with Crippen LogP contribution in [0.15, 0.2) is 45.6 Å². The van der Waals surface area contributed by atoms with Crippen LogP contribution in [0.5, 0.6) is 0 Å². The zero-order chi connectivity index (χ0) is 21.1. The Morgan fingerprint density at radius 1 is 1.33 bits per heavy atom. The molecule has 3 aromatic heterocycles. The average Bonchev–Trinajstić information content (AvgIpc) is 3.43. The summed E-state index contributed by atoms with van der Waals surface area (Å²) in [6, 6.07) is 5.72. The van der Waals surface area contributed by atoms with Crippen molar-refractivity contribution in [2.75, 3.05) is 12.4 Å². The van der Waals surface area contributed by atoms with Gasteiger partial charge >= 0.3 is 0 Å². The number of oxazole rings is 2. The predicted octanol–water partition coefficient (Wildman–Crippen LogP) is 2.82. The van der Waals surface area contributed by atoms with Gasteiger partial charge in [-0.15, -0.1) is 5.10 Å². The van der Waals surface area contributed by atoms with Gasteiger partial charge in [-0.1, -0.05) is 12.1 Å². The minimum atomic E-state index is -0.559. The van der Waals surface area contributed by atoms with Gasteiger partial charge in [-0.25, -0.2) is 14.4 Å². The van der Waals surface area contributed by atoms with Crippen molar-refractivity contribution in [2.45, 2.75) is 20.1 Å². The quantitative estimate of drug-likeness (QED) is 0.492. The molecule has 1 N–H and O–H groups in total. The number of carbonyl (C=O) groups excluding carboxylic acids is 1. The maximum absolute atomic E-state index is 13.6. The highest BCUT2D eigenvalue weighted by Crippen LogP contribution is 2.26. The third-order valence-corrected chi connectivity index (χ3v) is 3.98. The van der Waals surface area contributed by atoms with Gasteiger partial charge in [0.2, 0.25) is 5.89 Å². The van der Waals surface area contributed by atoms with Crippen LogP contribution in [0.25, 0.3) is 11.3 Å². The lowest BCUT2D eigenvalue weighted by Gasteiger charge is -2.02. The number of nitrogens with one attached hydrogen (secondary N) is 1. The van der Waals surface area contributed by atoms with E-state index in [1.54, 1.807) is 20.1 Å². The maximum atomic E-state index is 13.6. The first-order chi connectivity index (χ1) is 14.5. The van der Waals surface area contributed by atoms with Crippen molar-refractivity contribution in [3.8, 4) is 11.3 Å². The fourth-order valence-corrected chi connectivity index (χ4v) is 2.77. The number of carbonyl (C=O) groups is 1. The number of methoxy groups -OCH3 is 1. The molecule has 4 aromatic rings. The molecule has 4 rings (SSSR count). The molecule has 0 aliphatic carbocycles. The Bertz CT molecular complexity index is 1180. The summed E-state index contributed by atoms with van der Waals surface area (Å²) in [6.07, 6.45) is 2.87. The topological polar surface area (TPSA) is 121 Å². The van der Waals surface area contributed by atoms with E-state index >= 15 is 0 Å². The van der Waals surface area contributed by atoms with Crippen molar-refractivity contribution in [3.63, 3.8) is 0 Å². The molecule has 0 saturated carbocycles. The molecule has 10 nitrogen and oxygen atoms in total. The van der Waals surface area contributed by atoms with E-state index in [4.69, 9.17) is 13.6 Å².